The molecule has 318 valence electrons. The molecule has 62 heavy (non-hydrogen) atoms. The topological polar surface area (TPSA) is 181 Å². The standard InChI is InChI=1S/C44H39ClFN7O9/c1-49-34-22-37(62-4)36(61-3)21-32(34)47-31(40(49)56)16-17-50-42(58)51-18-15-28-33(53(51)43(50)59)20-30-39(55)52(48-26-11-9-25(46)10-12-26)41(57)44(30,23-5-7-24(45)8-6-23)38(28)29-14-13-27(54)19-35(29)60-2/h5-15,19,21-22,30,33,38,48,54H,16-18,20H2,1-4H3/t30-,33+,38+,44+/m0/s1. The number of aryl methyl sites for hydroxylation is 2. The molecule has 4 atom stereocenters. The molecular weight excluding hydrogens is 825 g/mol. The number of fused-ring (bicyclic) bond motifs is 5. The number of hydrazine groups is 1. The summed E-state index contributed by atoms with van der Waals surface area (Å²) in [4.78, 5) is 77.3. The van der Waals surface area contributed by atoms with Crippen LogP contribution in [0.2, 0.25) is 5.02 Å². The first kappa shape index (κ1) is 40.3. The third kappa shape index (κ3) is 6.01. The molecule has 2 aromatic heterocycles. The number of halogens is 2. The fraction of sp³-hybridized carbons (Fsp3) is 0.273. The highest BCUT2D eigenvalue weighted by Gasteiger charge is 2.69. The van der Waals surface area contributed by atoms with Gasteiger partial charge in [-0.05, 0) is 60.0 Å². The molecule has 0 bridgehead atoms. The third-order valence-electron chi connectivity index (χ3n) is 12.3. The Labute approximate surface area is 356 Å². The van der Waals surface area contributed by atoms with Gasteiger partial charge in [-0.25, -0.2) is 32.9 Å². The number of anilines is 1. The van der Waals surface area contributed by atoms with E-state index in [0.29, 0.717) is 44.3 Å². The van der Waals surface area contributed by atoms with Crippen LogP contribution < -0.4 is 36.6 Å². The van der Waals surface area contributed by atoms with E-state index >= 15 is 4.79 Å². The van der Waals surface area contributed by atoms with Gasteiger partial charge >= 0.3 is 11.4 Å². The molecule has 2 amide bonds. The van der Waals surface area contributed by atoms with Crippen molar-refractivity contribution in [1.29, 1.82) is 0 Å². The Balaban J connectivity index is 1.18. The number of aromatic hydroxyl groups is 1. The molecule has 2 fully saturated rings. The first-order chi connectivity index (χ1) is 29.8. The molecule has 1 saturated carbocycles. The van der Waals surface area contributed by atoms with Gasteiger partial charge in [0.15, 0.2) is 11.5 Å². The monoisotopic (exact) mass is 863 g/mol. The SMILES string of the molecule is COc1cc2nc(CCn3c(=O)n4n(c3=O)[C@@H]3C[C@H]5C(=O)N(Nc6ccc(F)cc6)C(=O)[C@@]5(c5ccc(Cl)cc5)[C@@H](c5ccc(O)cc5OC)C3=CC4)c(=O)n(C)c2cc1OC. The van der Waals surface area contributed by atoms with Crippen LogP contribution in [-0.2, 0) is 41.6 Å². The number of ether oxygens (including phenoxy) is 3. The molecule has 4 aromatic carbocycles. The molecule has 6 aromatic rings. The van der Waals surface area contributed by atoms with Crippen molar-refractivity contribution >= 4 is 40.1 Å². The second-order valence-electron chi connectivity index (χ2n) is 15.4. The van der Waals surface area contributed by atoms with Crippen LogP contribution in [0.5, 0.6) is 23.0 Å². The van der Waals surface area contributed by atoms with Crippen molar-refractivity contribution in [2.45, 2.75) is 43.3 Å². The second kappa shape index (κ2) is 15.1. The smallest absolute Gasteiger partial charge is 0.347 e. The number of imide groups is 1. The fourth-order valence-corrected chi connectivity index (χ4v) is 9.65. The molecular formula is C44H39ClFN7O9. The van der Waals surface area contributed by atoms with Crippen molar-refractivity contribution in [3.8, 4) is 23.0 Å². The van der Waals surface area contributed by atoms with E-state index in [4.69, 9.17) is 25.8 Å². The van der Waals surface area contributed by atoms with Crippen LogP contribution in [0.25, 0.3) is 11.0 Å². The molecule has 9 rings (SSSR count). The van der Waals surface area contributed by atoms with Crippen LogP contribution in [-0.4, -0.2) is 66.7 Å². The number of phenols is 1. The summed E-state index contributed by atoms with van der Waals surface area (Å²) in [6, 6.07) is 18.6. The van der Waals surface area contributed by atoms with Gasteiger partial charge in [-0.2, -0.15) is 5.01 Å². The van der Waals surface area contributed by atoms with E-state index in [2.05, 4.69) is 10.4 Å². The van der Waals surface area contributed by atoms with Crippen LogP contribution in [0.15, 0.2) is 105 Å². The van der Waals surface area contributed by atoms with Crippen molar-refractivity contribution in [3.05, 3.63) is 149 Å². The number of hydrogen-bond acceptors (Lipinski definition) is 11. The van der Waals surface area contributed by atoms with Crippen molar-refractivity contribution in [2.75, 3.05) is 26.8 Å². The highest BCUT2D eigenvalue weighted by atomic mass is 35.5. The van der Waals surface area contributed by atoms with Crippen molar-refractivity contribution in [3.63, 3.8) is 0 Å². The number of hydrogen-bond donors (Lipinski definition) is 2. The molecule has 4 heterocycles. The minimum Gasteiger partial charge on any atom is -0.508 e. The molecule has 0 spiro atoms. The van der Waals surface area contributed by atoms with Gasteiger partial charge in [0.2, 0.25) is 0 Å². The lowest BCUT2D eigenvalue weighted by molar-refractivity contribution is -0.138. The van der Waals surface area contributed by atoms with Crippen LogP contribution >= 0.6 is 11.6 Å². The lowest BCUT2D eigenvalue weighted by Gasteiger charge is -2.49. The zero-order chi connectivity index (χ0) is 43.8. The molecule has 2 aliphatic heterocycles. The predicted octanol–water partition coefficient (Wildman–Crippen LogP) is 4.44. The number of carbonyl (C=O) groups excluding carboxylic acids is 2. The van der Waals surface area contributed by atoms with Crippen LogP contribution in [0.4, 0.5) is 10.1 Å². The largest absolute Gasteiger partial charge is 0.508 e. The van der Waals surface area contributed by atoms with E-state index in [9.17, 15) is 28.7 Å². The van der Waals surface area contributed by atoms with Crippen LogP contribution in [0.1, 0.15) is 35.2 Å². The Morgan fingerprint density at radius 2 is 1.58 bits per heavy atom. The molecule has 0 unspecified atom stereocenters. The molecule has 1 saturated heterocycles. The van der Waals surface area contributed by atoms with E-state index in [1.165, 1.54) is 71.7 Å². The number of phenolic OH excluding ortho intramolecular Hbond substituents is 1. The van der Waals surface area contributed by atoms with E-state index in [1.807, 2.05) is 0 Å². The van der Waals surface area contributed by atoms with Crippen LogP contribution in [0.3, 0.4) is 0 Å². The normalized spacial score (nSPS) is 20.4. The lowest BCUT2D eigenvalue weighted by atomic mass is 9.53. The maximum absolute atomic E-state index is 15.4. The maximum atomic E-state index is 15.4. The molecule has 0 radical (unpaired) electrons. The molecule has 16 nitrogen and oxygen atoms in total. The highest BCUT2D eigenvalue weighted by molar-refractivity contribution is 6.30. The first-order valence-corrected chi connectivity index (χ1v) is 20.0. The van der Waals surface area contributed by atoms with Gasteiger partial charge in [0.1, 0.15) is 23.0 Å². The molecule has 1 aliphatic carbocycles. The summed E-state index contributed by atoms with van der Waals surface area (Å²) >= 11 is 6.39. The minimum atomic E-state index is -1.69. The number of benzene rings is 4. The Kier molecular flexibility index (Phi) is 9.80. The van der Waals surface area contributed by atoms with E-state index in [0.717, 1.165) is 9.58 Å². The van der Waals surface area contributed by atoms with E-state index in [-0.39, 0.29) is 48.8 Å². The average molecular weight is 864 g/mol. The highest BCUT2D eigenvalue weighted by Crippen LogP contribution is 2.63. The zero-order valence-corrected chi connectivity index (χ0v) is 34.6. The maximum Gasteiger partial charge on any atom is 0.347 e. The number of methoxy groups -OCH3 is 3. The molecule has 3 aliphatic rings. The quantitative estimate of drug-likeness (QED) is 0.147. The first-order valence-electron chi connectivity index (χ1n) is 19.6. The second-order valence-corrected chi connectivity index (χ2v) is 15.8. The van der Waals surface area contributed by atoms with Gasteiger partial charge in [0, 0.05) is 54.7 Å². The molecule has 2 N–H and O–H groups in total. The summed E-state index contributed by atoms with van der Waals surface area (Å²) in [5.74, 6) is -3.04. The number of aromatic nitrogens is 5. The zero-order valence-electron chi connectivity index (χ0n) is 33.8. The van der Waals surface area contributed by atoms with Crippen LogP contribution in [0, 0.1) is 11.7 Å². The van der Waals surface area contributed by atoms with Gasteiger partial charge in [0.25, 0.3) is 17.4 Å². The van der Waals surface area contributed by atoms with E-state index < -0.39 is 57.9 Å². The average Bonchev–Trinajstić information content (AvgIpc) is 3.64. The van der Waals surface area contributed by atoms with Crippen molar-refractivity contribution in [1.82, 2.24) is 28.5 Å². The summed E-state index contributed by atoms with van der Waals surface area (Å²) in [5.41, 5.74) is 2.20. The fourth-order valence-electron chi connectivity index (χ4n) is 9.53. The number of nitrogens with zero attached hydrogens (tertiary/aromatic N) is 6. The summed E-state index contributed by atoms with van der Waals surface area (Å²) in [6.45, 7) is -0.281. The molecule has 18 heteroatoms. The van der Waals surface area contributed by atoms with Gasteiger partial charge < -0.3 is 23.9 Å². The van der Waals surface area contributed by atoms with Gasteiger partial charge in [-0.1, -0.05) is 35.9 Å². The van der Waals surface area contributed by atoms with Gasteiger partial charge in [-0.3, -0.25) is 19.8 Å². The third-order valence-corrected chi connectivity index (χ3v) is 12.6. The Bertz CT molecular complexity index is 3050. The van der Waals surface area contributed by atoms with E-state index in [1.54, 1.807) is 55.6 Å². The number of nitrogens with one attached hydrogen (secondary N) is 1. The predicted molar refractivity (Wildman–Crippen MR) is 224 cm³/mol. The Morgan fingerprint density at radius 1 is 0.887 bits per heavy atom. The van der Waals surface area contributed by atoms with Gasteiger partial charge in [-0.15, -0.1) is 0 Å². The summed E-state index contributed by atoms with van der Waals surface area (Å²) in [7, 11) is 5.97. The number of allylic oxidation sites excluding steroid dienone is 2. The summed E-state index contributed by atoms with van der Waals surface area (Å²) in [5, 5.41) is 11.9. The van der Waals surface area contributed by atoms with Crippen molar-refractivity contribution < 1.29 is 33.3 Å². The van der Waals surface area contributed by atoms with Gasteiger partial charge in [0.05, 0.1) is 62.0 Å². The summed E-state index contributed by atoms with van der Waals surface area (Å²) < 4.78 is 35.7. The minimum absolute atomic E-state index is 0.0757. The Morgan fingerprint density at radius 3 is 2.27 bits per heavy atom. The number of rotatable bonds is 10. The number of carbonyl (C=O) groups is 2. The lowest BCUT2D eigenvalue weighted by Crippen LogP contribution is -2.53. The summed E-state index contributed by atoms with van der Waals surface area (Å²) in [6.07, 6.45) is 1.61. The van der Waals surface area contributed by atoms with Crippen molar-refractivity contribution in [2.24, 2.45) is 13.0 Å². The Hall–Kier alpha value is -7.14. The number of amides is 2.